The second-order valence-electron chi connectivity index (χ2n) is 3.99. The fourth-order valence-corrected chi connectivity index (χ4v) is 2.35. The monoisotopic (exact) mass is 305 g/mol. The number of hydrogen-bond donors (Lipinski definition) is 2. The number of hydrogen-bond acceptors (Lipinski definition) is 2. The zero-order chi connectivity index (χ0) is 12.6. The van der Waals surface area contributed by atoms with Gasteiger partial charge >= 0.3 is 5.97 Å². The van der Waals surface area contributed by atoms with Crippen LogP contribution in [0.25, 0.3) is 0 Å². The van der Waals surface area contributed by atoms with Crippen LogP contribution in [0, 0.1) is 17.6 Å². The van der Waals surface area contributed by atoms with Gasteiger partial charge in [-0.25, -0.2) is 8.78 Å². The van der Waals surface area contributed by atoms with Gasteiger partial charge in [-0.15, -0.1) is 0 Å². The smallest absolute Gasteiger partial charge is 0.307 e. The molecular weight excluding hydrogens is 296 g/mol. The van der Waals surface area contributed by atoms with Gasteiger partial charge in [0.15, 0.2) is 0 Å². The molecule has 1 aromatic rings. The molecule has 2 atom stereocenters. The normalized spacial score (nSPS) is 23.9. The first kappa shape index (κ1) is 12.4. The van der Waals surface area contributed by atoms with Crippen molar-refractivity contribution in [2.24, 2.45) is 5.92 Å². The number of nitrogens with one attached hydrogen (secondary N) is 1. The van der Waals surface area contributed by atoms with E-state index >= 15 is 0 Å². The molecule has 92 valence electrons. The molecule has 1 aromatic carbocycles. The van der Waals surface area contributed by atoms with Gasteiger partial charge in [0.2, 0.25) is 0 Å². The molecule has 2 rings (SSSR count). The fraction of sp³-hybridized carbons (Fsp3) is 0.364. The van der Waals surface area contributed by atoms with Crippen LogP contribution in [0.2, 0.25) is 0 Å². The zero-order valence-corrected chi connectivity index (χ0v) is 10.3. The highest BCUT2D eigenvalue weighted by Gasteiger charge is 2.33. The van der Waals surface area contributed by atoms with Crippen molar-refractivity contribution in [2.75, 3.05) is 6.54 Å². The van der Waals surface area contributed by atoms with E-state index in [2.05, 4.69) is 21.2 Å². The van der Waals surface area contributed by atoms with Gasteiger partial charge in [0, 0.05) is 18.2 Å². The molecule has 0 bridgehead atoms. The molecule has 0 aromatic heterocycles. The highest BCUT2D eigenvalue weighted by atomic mass is 79.9. The minimum Gasteiger partial charge on any atom is -0.481 e. The first-order valence-corrected chi connectivity index (χ1v) is 5.89. The maximum atomic E-state index is 13.8. The van der Waals surface area contributed by atoms with Crippen LogP contribution in [0.15, 0.2) is 16.6 Å². The maximum Gasteiger partial charge on any atom is 0.307 e. The number of carbonyl (C=O) groups is 1. The van der Waals surface area contributed by atoms with E-state index in [1.54, 1.807) is 0 Å². The topological polar surface area (TPSA) is 49.3 Å². The maximum absolute atomic E-state index is 13.8. The van der Waals surface area contributed by atoms with Crippen LogP contribution in [0.3, 0.4) is 0 Å². The molecule has 1 heterocycles. The van der Waals surface area contributed by atoms with Gasteiger partial charge in [-0.3, -0.25) is 4.79 Å². The number of carboxylic acids is 1. The molecule has 2 unspecified atom stereocenters. The average molecular weight is 306 g/mol. The molecule has 0 aliphatic carbocycles. The van der Waals surface area contributed by atoms with Gasteiger partial charge in [-0.2, -0.15) is 0 Å². The van der Waals surface area contributed by atoms with Gasteiger partial charge < -0.3 is 10.4 Å². The number of carboxylic acid groups (broad SMARTS) is 1. The van der Waals surface area contributed by atoms with Gasteiger partial charge in [0.25, 0.3) is 0 Å². The summed E-state index contributed by atoms with van der Waals surface area (Å²) in [5.74, 6) is -2.88. The molecule has 0 radical (unpaired) electrons. The van der Waals surface area contributed by atoms with Gasteiger partial charge in [0.1, 0.15) is 11.6 Å². The third-order valence-electron chi connectivity index (χ3n) is 2.91. The van der Waals surface area contributed by atoms with E-state index in [1.807, 2.05) is 0 Å². The summed E-state index contributed by atoms with van der Waals surface area (Å²) in [6, 6.07) is 1.87. The van der Waals surface area contributed by atoms with Crippen LogP contribution in [0.1, 0.15) is 18.0 Å². The van der Waals surface area contributed by atoms with E-state index < -0.39 is 29.6 Å². The molecule has 1 aliphatic heterocycles. The summed E-state index contributed by atoms with van der Waals surface area (Å²) in [6.07, 6.45) is 0.194. The van der Waals surface area contributed by atoms with E-state index in [0.717, 1.165) is 6.07 Å². The van der Waals surface area contributed by atoms with E-state index in [1.165, 1.54) is 6.07 Å². The lowest BCUT2D eigenvalue weighted by atomic mass is 9.99. The Morgan fingerprint density at radius 3 is 2.76 bits per heavy atom. The first-order chi connectivity index (χ1) is 8.00. The summed E-state index contributed by atoms with van der Waals surface area (Å²) < 4.78 is 27.5. The van der Waals surface area contributed by atoms with Crippen LogP contribution in [-0.2, 0) is 4.79 Å². The lowest BCUT2D eigenvalue weighted by molar-refractivity contribution is -0.141. The molecule has 0 spiro atoms. The van der Waals surface area contributed by atoms with E-state index in [4.69, 9.17) is 5.11 Å². The Balaban J connectivity index is 2.30. The van der Waals surface area contributed by atoms with Crippen LogP contribution in [-0.4, -0.2) is 17.6 Å². The summed E-state index contributed by atoms with van der Waals surface area (Å²) in [4.78, 5) is 10.8. The minimum atomic E-state index is -0.948. The Bertz CT molecular complexity index is 467. The molecule has 3 nitrogen and oxygen atoms in total. The average Bonchev–Trinajstić information content (AvgIpc) is 2.73. The van der Waals surface area contributed by atoms with Crippen LogP contribution >= 0.6 is 15.9 Å². The third-order valence-corrected chi connectivity index (χ3v) is 3.52. The second kappa shape index (κ2) is 4.70. The predicted octanol–water partition coefficient (Wildman–Crippen LogP) is 2.46. The highest BCUT2D eigenvalue weighted by molar-refractivity contribution is 9.10. The molecule has 0 saturated carbocycles. The Kier molecular flexibility index (Phi) is 3.44. The Morgan fingerprint density at radius 1 is 1.47 bits per heavy atom. The summed E-state index contributed by atoms with van der Waals surface area (Å²) in [5, 5.41) is 11.7. The van der Waals surface area contributed by atoms with Crippen molar-refractivity contribution in [2.45, 2.75) is 12.5 Å². The lowest BCUT2D eigenvalue weighted by Crippen LogP contribution is -2.18. The first-order valence-electron chi connectivity index (χ1n) is 5.10. The van der Waals surface area contributed by atoms with Crippen LogP contribution in [0.4, 0.5) is 8.78 Å². The molecule has 2 N–H and O–H groups in total. The molecule has 1 saturated heterocycles. The summed E-state index contributed by atoms with van der Waals surface area (Å²) >= 11 is 2.99. The Hall–Kier alpha value is -1.01. The van der Waals surface area contributed by atoms with Gasteiger partial charge in [-0.05, 0) is 34.5 Å². The van der Waals surface area contributed by atoms with Crippen molar-refractivity contribution >= 4 is 21.9 Å². The molecule has 0 amide bonds. The second-order valence-corrected chi connectivity index (χ2v) is 4.84. The van der Waals surface area contributed by atoms with Crippen molar-refractivity contribution in [3.05, 3.63) is 33.8 Å². The standard InChI is InChI=1S/C11H10BrF2NO2/c12-6-1-2-7(13)9(10(6)14)8-3-5(4-15-8)11(16)17/h1-2,5,8,15H,3-4H2,(H,16,17). The quantitative estimate of drug-likeness (QED) is 0.825. The Morgan fingerprint density at radius 2 is 2.18 bits per heavy atom. The molecular formula is C11H10BrF2NO2. The molecule has 17 heavy (non-hydrogen) atoms. The zero-order valence-electron chi connectivity index (χ0n) is 8.71. The molecule has 1 fully saturated rings. The van der Waals surface area contributed by atoms with Crippen molar-refractivity contribution in [3.8, 4) is 0 Å². The van der Waals surface area contributed by atoms with E-state index in [9.17, 15) is 13.6 Å². The van der Waals surface area contributed by atoms with E-state index in [0.29, 0.717) is 0 Å². The summed E-state index contributed by atoms with van der Waals surface area (Å²) in [6.45, 7) is 0.228. The number of aliphatic carboxylic acids is 1. The van der Waals surface area contributed by atoms with Crippen molar-refractivity contribution in [1.82, 2.24) is 5.32 Å². The SMILES string of the molecule is O=C(O)C1CNC(c2c(F)ccc(Br)c2F)C1. The molecule has 1 aliphatic rings. The number of halogens is 3. The molecule has 6 heteroatoms. The van der Waals surface area contributed by atoms with Gasteiger partial charge in [0.05, 0.1) is 10.4 Å². The summed E-state index contributed by atoms with van der Waals surface area (Å²) in [5.41, 5.74) is -0.0943. The van der Waals surface area contributed by atoms with Crippen molar-refractivity contribution in [3.63, 3.8) is 0 Å². The number of benzene rings is 1. The third kappa shape index (κ3) is 2.32. The van der Waals surface area contributed by atoms with Crippen LogP contribution < -0.4 is 5.32 Å². The highest BCUT2D eigenvalue weighted by Crippen LogP contribution is 2.33. The van der Waals surface area contributed by atoms with Crippen molar-refractivity contribution in [1.29, 1.82) is 0 Å². The minimum absolute atomic E-state index is 0.0943. The summed E-state index contributed by atoms with van der Waals surface area (Å²) in [7, 11) is 0. The Labute approximate surface area is 105 Å². The predicted molar refractivity (Wildman–Crippen MR) is 60.5 cm³/mol. The lowest BCUT2D eigenvalue weighted by Gasteiger charge is -2.13. The van der Waals surface area contributed by atoms with Crippen LogP contribution in [0.5, 0.6) is 0 Å². The van der Waals surface area contributed by atoms with E-state index in [-0.39, 0.29) is 23.0 Å². The fourth-order valence-electron chi connectivity index (χ4n) is 2.01. The number of rotatable bonds is 2. The van der Waals surface area contributed by atoms with Crippen molar-refractivity contribution < 1.29 is 18.7 Å². The van der Waals surface area contributed by atoms with Gasteiger partial charge in [-0.1, -0.05) is 0 Å². The largest absolute Gasteiger partial charge is 0.481 e.